The van der Waals surface area contributed by atoms with Crippen LogP contribution in [0.5, 0.6) is 5.75 Å². The monoisotopic (exact) mass is 476 g/mol. The van der Waals surface area contributed by atoms with Gasteiger partial charge in [-0.1, -0.05) is 0 Å². The lowest BCUT2D eigenvalue weighted by Crippen LogP contribution is -2.27. The molecule has 11 heteroatoms. The molecule has 2 amide bonds. The first-order valence-electron chi connectivity index (χ1n) is 9.66. The van der Waals surface area contributed by atoms with E-state index in [2.05, 4.69) is 15.6 Å². The number of aromatic nitrogens is 2. The fourth-order valence-corrected chi connectivity index (χ4v) is 4.16. The van der Waals surface area contributed by atoms with Crippen molar-refractivity contribution >= 4 is 51.4 Å². The molecule has 3 aromatic rings. The summed E-state index contributed by atoms with van der Waals surface area (Å²) in [6, 6.07) is 6.39. The Morgan fingerprint density at radius 2 is 2.00 bits per heavy atom. The number of nitrogens with one attached hydrogen (secondary N) is 2. The summed E-state index contributed by atoms with van der Waals surface area (Å²) in [7, 11) is 1.48. The zero-order valence-corrected chi connectivity index (χ0v) is 19.8. The van der Waals surface area contributed by atoms with Crippen molar-refractivity contribution in [3.05, 3.63) is 51.9 Å². The molecule has 0 saturated carbocycles. The number of hydrogen-bond donors (Lipinski definition) is 2. The molecule has 9 nitrogen and oxygen atoms in total. The van der Waals surface area contributed by atoms with Crippen molar-refractivity contribution in [2.75, 3.05) is 23.5 Å². The maximum atomic E-state index is 12.4. The van der Waals surface area contributed by atoms with Crippen LogP contribution in [-0.4, -0.2) is 39.8 Å². The van der Waals surface area contributed by atoms with Gasteiger partial charge in [0, 0.05) is 29.1 Å². The number of amides is 2. The average molecular weight is 477 g/mol. The van der Waals surface area contributed by atoms with Crippen molar-refractivity contribution in [3.63, 3.8) is 0 Å². The maximum absolute atomic E-state index is 12.4. The van der Waals surface area contributed by atoms with Gasteiger partial charge < -0.3 is 14.8 Å². The van der Waals surface area contributed by atoms with Gasteiger partial charge in [0.15, 0.2) is 4.96 Å². The number of nitrogens with zero attached hydrogens (tertiary/aromatic N) is 2. The van der Waals surface area contributed by atoms with Crippen molar-refractivity contribution in [2.24, 2.45) is 0 Å². The smallest absolute Gasteiger partial charge is 0.412 e. The molecule has 0 bridgehead atoms. The zero-order valence-electron chi connectivity index (χ0n) is 18.1. The molecule has 0 fully saturated rings. The van der Waals surface area contributed by atoms with Crippen LogP contribution in [0.15, 0.2) is 40.6 Å². The second kappa shape index (κ2) is 10.0. The molecule has 0 saturated heterocycles. The van der Waals surface area contributed by atoms with Crippen molar-refractivity contribution < 1.29 is 19.1 Å². The van der Waals surface area contributed by atoms with E-state index in [-0.39, 0.29) is 17.2 Å². The van der Waals surface area contributed by atoms with Gasteiger partial charge in [0.1, 0.15) is 11.4 Å². The number of thiazole rings is 1. The molecule has 0 aliphatic carbocycles. The second-order valence-corrected chi connectivity index (χ2v) is 9.58. The Hall–Kier alpha value is -3.05. The third-order valence-electron chi connectivity index (χ3n) is 3.96. The Morgan fingerprint density at radius 1 is 1.22 bits per heavy atom. The van der Waals surface area contributed by atoms with Gasteiger partial charge in [-0.05, 0) is 39.0 Å². The van der Waals surface area contributed by atoms with Crippen LogP contribution in [0.3, 0.4) is 0 Å². The number of hydrogen-bond acceptors (Lipinski definition) is 8. The number of carbonyl (C=O) groups is 2. The van der Waals surface area contributed by atoms with Gasteiger partial charge in [-0.15, -0.1) is 23.1 Å². The van der Waals surface area contributed by atoms with Crippen LogP contribution in [0, 0.1) is 0 Å². The minimum absolute atomic E-state index is 0.139. The SMILES string of the molecule is COc1ccc(NC(=O)CSCc2cc(=O)n3ccsc3n2)cc1NC(=O)OC(C)(C)C. The van der Waals surface area contributed by atoms with Crippen molar-refractivity contribution in [1.82, 2.24) is 9.38 Å². The van der Waals surface area contributed by atoms with E-state index >= 15 is 0 Å². The molecule has 0 aliphatic rings. The van der Waals surface area contributed by atoms with E-state index in [9.17, 15) is 14.4 Å². The van der Waals surface area contributed by atoms with E-state index in [1.54, 1.807) is 50.5 Å². The van der Waals surface area contributed by atoms with Crippen LogP contribution >= 0.6 is 23.1 Å². The lowest BCUT2D eigenvalue weighted by molar-refractivity contribution is -0.113. The van der Waals surface area contributed by atoms with Crippen LogP contribution in [0.25, 0.3) is 4.96 Å². The summed E-state index contributed by atoms with van der Waals surface area (Å²) in [4.78, 5) is 41.5. The van der Waals surface area contributed by atoms with Crippen molar-refractivity contribution in [3.8, 4) is 5.75 Å². The van der Waals surface area contributed by atoms with Gasteiger partial charge >= 0.3 is 6.09 Å². The predicted octanol–water partition coefficient (Wildman–Crippen LogP) is 3.98. The summed E-state index contributed by atoms with van der Waals surface area (Å²) < 4.78 is 12.0. The first-order valence-corrected chi connectivity index (χ1v) is 11.7. The number of methoxy groups -OCH3 is 1. The molecule has 2 aromatic heterocycles. The summed E-state index contributed by atoms with van der Waals surface area (Å²) in [6.07, 6.45) is 1.06. The Labute approximate surface area is 193 Å². The minimum Gasteiger partial charge on any atom is -0.495 e. The Bertz CT molecular complexity index is 1180. The van der Waals surface area contributed by atoms with E-state index < -0.39 is 11.7 Å². The zero-order chi connectivity index (χ0) is 23.3. The summed E-state index contributed by atoms with van der Waals surface area (Å²) >= 11 is 2.73. The van der Waals surface area contributed by atoms with Gasteiger partial charge in [-0.2, -0.15) is 0 Å². The van der Waals surface area contributed by atoms with E-state index in [1.807, 2.05) is 0 Å². The normalized spacial score (nSPS) is 11.2. The van der Waals surface area contributed by atoms with Gasteiger partial charge in [-0.25, -0.2) is 9.78 Å². The van der Waals surface area contributed by atoms with E-state index in [0.29, 0.717) is 33.5 Å². The number of carbonyl (C=O) groups excluding carboxylic acids is 2. The second-order valence-electron chi connectivity index (χ2n) is 7.72. The Morgan fingerprint density at radius 3 is 2.72 bits per heavy atom. The van der Waals surface area contributed by atoms with Gasteiger partial charge in [0.05, 0.1) is 24.2 Å². The molecule has 2 N–H and O–H groups in total. The van der Waals surface area contributed by atoms with Crippen LogP contribution in [0.2, 0.25) is 0 Å². The fraction of sp³-hybridized carbons (Fsp3) is 0.333. The number of thioether (sulfide) groups is 1. The van der Waals surface area contributed by atoms with Gasteiger partial charge in [-0.3, -0.25) is 19.3 Å². The molecule has 0 spiro atoms. The van der Waals surface area contributed by atoms with Crippen molar-refractivity contribution in [1.29, 1.82) is 0 Å². The fourth-order valence-electron chi connectivity index (χ4n) is 2.70. The molecule has 0 unspecified atom stereocenters. The largest absolute Gasteiger partial charge is 0.495 e. The quantitative estimate of drug-likeness (QED) is 0.530. The Kier molecular flexibility index (Phi) is 7.41. The third kappa shape index (κ3) is 6.47. The lowest BCUT2D eigenvalue weighted by atomic mass is 10.2. The average Bonchev–Trinajstić information content (AvgIpc) is 3.16. The molecule has 0 aliphatic heterocycles. The number of benzene rings is 1. The highest BCUT2D eigenvalue weighted by Gasteiger charge is 2.18. The highest BCUT2D eigenvalue weighted by Crippen LogP contribution is 2.28. The molecule has 1 aromatic carbocycles. The summed E-state index contributed by atoms with van der Waals surface area (Å²) in [6.45, 7) is 5.30. The summed E-state index contributed by atoms with van der Waals surface area (Å²) in [5, 5.41) is 7.22. The molecule has 2 heterocycles. The summed E-state index contributed by atoms with van der Waals surface area (Å²) in [5.74, 6) is 0.819. The van der Waals surface area contributed by atoms with E-state index in [0.717, 1.165) is 0 Å². The van der Waals surface area contributed by atoms with Crippen molar-refractivity contribution in [2.45, 2.75) is 32.1 Å². The molecular weight excluding hydrogens is 452 g/mol. The number of ether oxygens (including phenoxy) is 2. The van der Waals surface area contributed by atoms with E-state index in [4.69, 9.17) is 9.47 Å². The highest BCUT2D eigenvalue weighted by atomic mass is 32.2. The predicted molar refractivity (Wildman–Crippen MR) is 127 cm³/mol. The lowest BCUT2D eigenvalue weighted by Gasteiger charge is -2.20. The van der Waals surface area contributed by atoms with Gasteiger partial charge in [0.2, 0.25) is 5.91 Å². The number of anilines is 2. The van der Waals surface area contributed by atoms with Crippen LogP contribution in [0.1, 0.15) is 26.5 Å². The Balaban J connectivity index is 1.57. The molecule has 0 atom stereocenters. The summed E-state index contributed by atoms with van der Waals surface area (Å²) in [5.41, 5.74) is 0.720. The van der Waals surface area contributed by atoms with Crippen LogP contribution in [-0.2, 0) is 15.3 Å². The first kappa shape index (κ1) is 23.6. The van der Waals surface area contributed by atoms with Crippen LogP contribution in [0.4, 0.5) is 16.2 Å². The number of rotatable bonds is 7. The third-order valence-corrected chi connectivity index (χ3v) is 5.68. The first-order chi connectivity index (χ1) is 15.1. The highest BCUT2D eigenvalue weighted by molar-refractivity contribution is 7.99. The molecular formula is C21H24N4O5S2. The molecule has 170 valence electrons. The topological polar surface area (TPSA) is 111 Å². The maximum Gasteiger partial charge on any atom is 0.412 e. The molecule has 32 heavy (non-hydrogen) atoms. The van der Waals surface area contributed by atoms with E-state index in [1.165, 1.54) is 40.7 Å². The number of fused-ring (bicyclic) bond motifs is 1. The van der Waals surface area contributed by atoms with Crippen LogP contribution < -0.4 is 20.9 Å². The molecule has 3 rings (SSSR count). The standard InChI is InChI=1S/C21H24N4O5S2/c1-21(2,3)30-20(28)24-15-9-13(5-6-16(15)29-4)22-17(26)12-31-11-14-10-18(27)25-7-8-32-19(25)23-14/h5-10H,11-12H2,1-4H3,(H,22,26)(H,24,28). The molecule has 0 radical (unpaired) electrons. The van der Waals surface area contributed by atoms with Gasteiger partial charge in [0.25, 0.3) is 5.56 Å². The minimum atomic E-state index is -0.644.